The molecule has 4 nitrogen and oxygen atoms in total. The highest BCUT2D eigenvalue weighted by atomic mass is 32.2. The Bertz CT molecular complexity index is 660. The van der Waals surface area contributed by atoms with Crippen molar-refractivity contribution in [2.24, 2.45) is 0 Å². The molecule has 1 atom stereocenters. The fourth-order valence-electron chi connectivity index (χ4n) is 2.75. The van der Waals surface area contributed by atoms with E-state index in [1.807, 2.05) is 0 Å². The number of nitrogens with zero attached hydrogens (tertiary/aromatic N) is 3. The van der Waals surface area contributed by atoms with Gasteiger partial charge in [0.15, 0.2) is 5.82 Å². The molecule has 1 fully saturated rings. The van der Waals surface area contributed by atoms with Gasteiger partial charge in [0.2, 0.25) is 5.16 Å². The van der Waals surface area contributed by atoms with Crippen molar-refractivity contribution in [3.63, 3.8) is 0 Å². The topological polar surface area (TPSA) is 42.7 Å². The van der Waals surface area contributed by atoms with Crippen molar-refractivity contribution in [1.82, 2.24) is 14.9 Å². The molecule has 1 aliphatic heterocycles. The molecular weight excluding hydrogens is 268 g/mol. The monoisotopic (exact) mass is 286 g/mol. The molecule has 1 unspecified atom stereocenters. The van der Waals surface area contributed by atoms with Gasteiger partial charge in [0, 0.05) is 11.7 Å². The predicted octanol–water partition coefficient (Wildman–Crippen LogP) is 3.16. The molecule has 0 spiro atoms. The number of nitrogens with one attached hydrogen (secondary N) is 1. The second-order valence-corrected chi connectivity index (χ2v) is 6.79. The highest BCUT2D eigenvalue weighted by Crippen LogP contribution is 2.41. The number of hydrogen-bond donors (Lipinski definition) is 1. The maximum atomic E-state index is 4.36. The van der Waals surface area contributed by atoms with E-state index in [0.29, 0.717) is 12.0 Å². The van der Waals surface area contributed by atoms with Crippen LogP contribution in [0.2, 0.25) is 0 Å². The van der Waals surface area contributed by atoms with E-state index < -0.39 is 0 Å². The van der Waals surface area contributed by atoms with Gasteiger partial charge in [-0.05, 0) is 37.8 Å². The van der Waals surface area contributed by atoms with Crippen LogP contribution in [0.25, 0.3) is 0 Å². The third kappa shape index (κ3) is 2.00. The van der Waals surface area contributed by atoms with Crippen LogP contribution >= 0.6 is 11.8 Å². The Morgan fingerprint density at radius 3 is 2.90 bits per heavy atom. The molecule has 0 radical (unpaired) electrons. The standard InChI is InChI=1S/C15H18N4S/c1-9-3-4-10(2)12(7-9)13-8-20-15-17-16-14(11-5-6-11)19(15)18-13/h3-4,7,11,13,18H,5-6,8H2,1-2H3. The largest absolute Gasteiger partial charge is 0.314 e. The smallest absolute Gasteiger partial charge is 0.210 e. The normalized spacial score (nSPS) is 21.4. The van der Waals surface area contributed by atoms with Crippen molar-refractivity contribution in [1.29, 1.82) is 0 Å². The number of hydrogen-bond acceptors (Lipinski definition) is 4. The minimum absolute atomic E-state index is 0.334. The van der Waals surface area contributed by atoms with Crippen LogP contribution in [-0.4, -0.2) is 20.6 Å². The fourth-order valence-corrected chi connectivity index (χ4v) is 3.69. The van der Waals surface area contributed by atoms with Crippen LogP contribution < -0.4 is 5.43 Å². The molecule has 0 amide bonds. The Morgan fingerprint density at radius 2 is 2.10 bits per heavy atom. The molecule has 4 rings (SSSR count). The molecule has 1 aromatic carbocycles. The third-order valence-electron chi connectivity index (χ3n) is 4.08. The van der Waals surface area contributed by atoms with Gasteiger partial charge in [-0.15, -0.1) is 10.2 Å². The second-order valence-electron chi connectivity index (χ2n) is 5.80. The van der Waals surface area contributed by atoms with Crippen molar-refractivity contribution >= 4 is 11.8 Å². The number of rotatable bonds is 2. The van der Waals surface area contributed by atoms with Crippen LogP contribution in [-0.2, 0) is 0 Å². The SMILES string of the molecule is Cc1ccc(C)c(C2CSc3nnc(C4CC4)n3N2)c1. The van der Waals surface area contributed by atoms with Crippen LogP contribution in [0.4, 0.5) is 0 Å². The summed E-state index contributed by atoms with van der Waals surface area (Å²) in [7, 11) is 0. The number of benzene rings is 1. The molecule has 1 aliphatic carbocycles. The fraction of sp³-hybridized carbons (Fsp3) is 0.467. The zero-order valence-corrected chi connectivity index (χ0v) is 12.6. The Kier molecular flexibility index (Phi) is 2.77. The zero-order valence-electron chi connectivity index (χ0n) is 11.8. The summed E-state index contributed by atoms with van der Waals surface area (Å²) >= 11 is 1.80. The third-order valence-corrected chi connectivity index (χ3v) is 5.10. The van der Waals surface area contributed by atoms with Crippen LogP contribution in [0.5, 0.6) is 0 Å². The second kappa shape index (κ2) is 4.52. The van der Waals surface area contributed by atoms with E-state index in [-0.39, 0.29) is 0 Å². The van der Waals surface area contributed by atoms with Crippen molar-refractivity contribution in [2.75, 3.05) is 11.2 Å². The van der Waals surface area contributed by atoms with E-state index in [1.54, 1.807) is 11.8 Å². The summed E-state index contributed by atoms with van der Waals surface area (Å²) in [5.74, 6) is 2.73. The lowest BCUT2D eigenvalue weighted by Gasteiger charge is -2.27. The summed E-state index contributed by atoms with van der Waals surface area (Å²) in [5, 5.41) is 9.66. The Morgan fingerprint density at radius 1 is 1.25 bits per heavy atom. The predicted molar refractivity (Wildman–Crippen MR) is 80.7 cm³/mol. The molecule has 1 saturated carbocycles. The van der Waals surface area contributed by atoms with E-state index in [4.69, 9.17) is 0 Å². The minimum Gasteiger partial charge on any atom is -0.314 e. The molecule has 2 aromatic rings. The molecule has 20 heavy (non-hydrogen) atoms. The molecule has 2 heterocycles. The van der Waals surface area contributed by atoms with E-state index in [0.717, 1.165) is 16.7 Å². The highest BCUT2D eigenvalue weighted by Gasteiger charge is 2.33. The summed E-state index contributed by atoms with van der Waals surface area (Å²) in [6.45, 7) is 4.34. The van der Waals surface area contributed by atoms with Gasteiger partial charge in [0.05, 0.1) is 6.04 Å². The molecule has 104 valence electrons. The van der Waals surface area contributed by atoms with Gasteiger partial charge in [-0.25, -0.2) is 4.68 Å². The molecule has 1 aromatic heterocycles. The zero-order chi connectivity index (χ0) is 13.7. The Balaban J connectivity index is 1.68. The molecule has 2 aliphatic rings. The average Bonchev–Trinajstić information content (AvgIpc) is 3.21. The summed E-state index contributed by atoms with van der Waals surface area (Å²) in [6, 6.07) is 7.01. The van der Waals surface area contributed by atoms with Crippen molar-refractivity contribution < 1.29 is 0 Å². The van der Waals surface area contributed by atoms with E-state index in [2.05, 4.69) is 52.3 Å². The van der Waals surface area contributed by atoms with Crippen molar-refractivity contribution in [2.45, 2.75) is 43.8 Å². The number of fused-ring (bicyclic) bond motifs is 1. The Labute approximate surface area is 123 Å². The summed E-state index contributed by atoms with van der Waals surface area (Å²) < 4.78 is 2.12. The maximum Gasteiger partial charge on any atom is 0.210 e. The summed E-state index contributed by atoms with van der Waals surface area (Å²) in [5.41, 5.74) is 7.67. The summed E-state index contributed by atoms with van der Waals surface area (Å²) in [4.78, 5) is 0. The van der Waals surface area contributed by atoms with E-state index >= 15 is 0 Å². The molecule has 5 heteroatoms. The van der Waals surface area contributed by atoms with Crippen LogP contribution in [0.3, 0.4) is 0 Å². The van der Waals surface area contributed by atoms with Gasteiger partial charge >= 0.3 is 0 Å². The lowest BCUT2D eigenvalue weighted by Crippen LogP contribution is -2.29. The van der Waals surface area contributed by atoms with Crippen LogP contribution in [0.15, 0.2) is 23.4 Å². The molecule has 0 bridgehead atoms. The highest BCUT2D eigenvalue weighted by molar-refractivity contribution is 7.99. The van der Waals surface area contributed by atoms with Gasteiger partial charge in [0.1, 0.15) is 0 Å². The van der Waals surface area contributed by atoms with Gasteiger partial charge < -0.3 is 5.43 Å². The van der Waals surface area contributed by atoms with E-state index in [1.165, 1.54) is 29.5 Å². The molecular formula is C15H18N4S. The first-order valence-electron chi connectivity index (χ1n) is 7.14. The average molecular weight is 286 g/mol. The van der Waals surface area contributed by atoms with Gasteiger partial charge in [-0.1, -0.05) is 35.5 Å². The van der Waals surface area contributed by atoms with Crippen LogP contribution in [0.1, 0.15) is 47.3 Å². The van der Waals surface area contributed by atoms with Gasteiger partial charge in [0.25, 0.3) is 0 Å². The number of aromatic nitrogens is 3. The first kappa shape index (κ1) is 12.3. The quantitative estimate of drug-likeness (QED) is 0.921. The number of aryl methyl sites for hydroxylation is 2. The van der Waals surface area contributed by atoms with E-state index in [9.17, 15) is 0 Å². The lowest BCUT2D eigenvalue weighted by molar-refractivity contribution is 0.631. The molecule has 0 saturated heterocycles. The van der Waals surface area contributed by atoms with Crippen LogP contribution in [0, 0.1) is 13.8 Å². The van der Waals surface area contributed by atoms with Crippen molar-refractivity contribution in [3.8, 4) is 0 Å². The minimum atomic E-state index is 0.334. The van der Waals surface area contributed by atoms with Gasteiger partial charge in [-0.3, -0.25) is 0 Å². The molecule has 1 N–H and O–H groups in total. The Hall–Kier alpha value is -1.49. The van der Waals surface area contributed by atoms with Crippen molar-refractivity contribution in [3.05, 3.63) is 40.7 Å². The van der Waals surface area contributed by atoms with Gasteiger partial charge in [-0.2, -0.15) is 0 Å². The number of thioether (sulfide) groups is 1. The summed E-state index contributed by atoms with van der Waals surface area (Å²) in [6.07, 6.45) is 2.50. The first-order chi connectivity index (χ1) is 9.72. The lowest BCUT2D eigenvalue weighted by atomic mass is 10.0. The first-order valence-corrected chi connectivity index (χ1v) is 8.13. The maximum absolute atomic E-state index is 4.36.